The summed E-state index contributed by atoms with van der Waals surface area (Å²) in [6, 6.07) is 0. The number of terminal acetylenes is 1. The minimum atomic E-state index is 0.296. The Kier molecular flexibility index (Phi) is 2.17. The van der Waals surface area contributed by atoms with Gasteiger partial charge in [0.05, 0.1) is 0 Å². The second-order valence-corrected chi connectivity index (χ2v) is 2.47. The van der Waals surface area contributed by atoms with Crippen LogP contribution < -0.4 is 0 Å². The van der Waals surface area contributed by atoms with Crippen LogP contribution in [0, 0.1) is 12.3 Å². The van der Waals surface area contributed by atoms with Gasteiger partial charge in [-0.15, -0.1) is 6.42 Å². The lowest BCUT2D eigenvalue weighted by Gasteiger charge is -2.00. The van der Waals surface area contributed by atoms with E-state index in [1.807, 2.05) is 13.8 Å². The van der Waals surface area contributed by atoms with Crippen molar-refractivity contribution in [3.63, 3.8) is 0 Å². The van der Waals surface area contributed by atoms with Crippen LogP contribution in [0.4, 0.5) is 0 Å². The zero-order valence-corrected chi connectivity index (χ0v) is 6.57. The highest BCUT2D eigenvalue weighted by atomic mass is 15.0. The monoisotopic (exact) mass is 147 g/mol. The fourth-order valence-corrected chi connectivity index (χ4v) is 0.657. The van der Waals surface area contributed by atoms with Crippen molar-refractivity contribution in [3.05, 3.63) is 18.0 Å². The Balaban J connectivity index is 3.03. The standard InChI is InChI=1S/C8H9N3/c1-4-7-9-5-10-8(11-7)6(2)3/h1,5-6H,2-3H3. The molecule has 0 unspecified atom stereocenters. The molecule has 0 atom stereocenters. The molecule has 0 N–H and O–H groups in total. The number of rotatable bonds is 1. The average Bonchev–Trinajstić information content (AvgIpc) is 2.05. The number of nitrogens with zero attached hydrogens (tertiary/aromatic N) is 3. The van der Waals surface area contributed by atoms with Crippen LogP contribution in [-0.4, -0.2) is 15.0 Å². The topological polar surface area (TPSA) is 38.7 Å². The summed E-state index contributed by atoms with van der Waals surface area (Å²) in [6.07, 6.45) is 6.56. The van der Waals surface area contributed by atoms with Crippen LogP contribution in [0.15, 0.2) is 6.33 Å². The molecule has 3 heteroatoms. The van der Waals surface area contributed by atoms with Crippen LogP contribution in [0.5, 0.6) is 0 Å². The molecule has 0 saturated heterocycles. The van der Waals surface area contributed by atoms with Crippen molar-refractivity contribution < 1.29 is 0 Å². The van der Waals surface area contributed by atoms with Gasteiger partial charge in [0.15, 0.2) is 0 Å². The Bertz CT molecular complexity index is 286. The Morgan fingerprint density at radius 2 is 2.18 bits per heavy atom. The van der Waals surface area contributed by atoms with Gasteiger partial charge in [-0.3, -0.25) is 0 Å². The van der Waals surface area contributed by atoms with Gasteiger partial charge >= 0.3 is 0 Å². The van der Waals surface area contributed by atoms with Gasteiger partial charge in [0.25, 0.3) is 0 Å². The van der Waals surface area contributed by atoms with Crippen molar-refractivity contribution in [2.45, 2.75) is 19.8 Å². The van der Waals surface area contributed by atoms with Crippen molar-refractivity contribution >= 4 is 0 Å². The Labute approximate surface area is 65.9 Å². The molecule has 3 nitrogen and oxygen atoms in total. The molecule has 0 aliphatic rings. The maximum absolute atomic E-state index is 5.12. The summed E-state index contributed by atoms with van der Waals surface area (Å²) in [4.78, 5) is 11.8. The molecule has 0 aliphatic carbocycles. The Morgan fingerprint density at radius 3 is 2.73 bits per heavy atom. The van der Waals surface area contributed by atoms with Crippen molar-refractivity contribution in [2.24, 2.45) is 0 Å². The summed E-state index contributed by atoms with van der Waals surface area (Å²) in [5.41, 5.74) is 0. The van der Waals surface area contributed by atoms with E-state index >= 15 is 0 Å². The number of aromatic nitrogens is 3. The molecule has 0 aliphatic heterocycles. The van der Waals surface area contributed by atoms with E-state index in [0.29, 0.717) is 11.7 Å². The lowest BCUT2D eigenvalue weighted by atomic mass is 10.2. The van der Waals surface area contributed by atoms with Crippen LogP contribution in [0.25, 0.3) is 0 Å². The van der Waals surface area contributed by atoms with Gasteiger partial charge in [0, 0.05) is 5.92 Å². The van der Waals surface area contributed by atoms with Crippen LogP contribution in [0.2, 0.25) is 0 Å². The van der Waals surface area contributed by atoms with Crippen LogP contribution >= 0.6 is 0 Å². The zero-order valence-electron chi connectivity index (χ0n) is 6.57. The molecular weight excluding hydrogens is 138 g/mol. The van der Waals surface area contributed by atoms with Crippen LogP contribution in [0.3, 0.4) is 0 Å². The van der Waals surface area contributed by atoms with Crippen molar-refractivity contribution in [2.75, 3.05) is 0 Å². The first-order chi connectivity index (χ1) is 5.24. The van der Waals surface area contributed by atoms with E-state index < -0.39 is 0 Å². The summed E-state index contributed by atoms with van der Waals surface area (Å²) in [5, 5.41) is 0. The van der Waals surface area contributed by atoms with Gasteiger partial charge in [-0.2, -0.15) is 0 Å². The molecular formula is C8H9N3. The third kappa shape index (κ3) is 1.74. The van der Waals surface area contributed by atoms with Crippen molar-refractivity contribution in [1.82, 2.24) is 15.0 Å². The highest BCUT2D eigenvalue weighted by Crippen LogP contribution is 2.05. The molecule has 56 valence electrons. The van der Waals surface area contributed by atoms with Crippen LogP contribution in [-0.2, 0) is 0 Å². The summed E-state index contributed by atoms with van der Waals surface area (Å²) in [5.74, 6) is 3.81. The van der Waals surface area contributed by atoms with E-state index in [9.17, 15) is 0 Å². The molecule has 1 heterocycles. The third-order valence-electron chi connectivity index (χ3n) is 1.24. The second kappa shape index (κ2) is 3.11. The smallest absolute Gasteiger partial charge is 0.207 e. The first kappa shape index (κ1) is 7.67. The predicted octanol–water partition coefficient (Wildman–Crippen LogP) is 0.976. The fourth-order valence-electron chi connectivity index (χ4n) is 0.657. The van der Waals surface area contributed by atoms with E-state index in [-0.39, 0.29) is 0 Å². The molecule has 1 aromatic heterocycles. The number of hydrogen-bond donors (Lipinski definition) is 0. The summed E-state index contributed by atoms with van der Waals surface area (Å²) >= 11 is 0. The molecule has 0 spiro atoms. The maximum Gasteiger partial charge on any atom is 0.207 e. The van der Waals surface area contributed by atoms with Gasteiger partial charge in [-0.25, -0.2) is 15.0 Å². The van der Waals surface area contributed by atoms with E-state index in [2.05, 4.69) is 20.9 Å². The van der Waals surface area contributed by atoms with Crippen molar-refractivity contribution in [1.29, 1.82) is 0 Å². The molecule has 0 amide bonds. The van der Waals surface area contributed by atoms with E-state index in [4.69, 9.17) is 6.42 Å². The lowest BCUT2D eigenvalue weighted by molar-refractivity contribution is 0.755. The second-order valence-electron chi connectivity index (χ2n) is 2.47. The third-order valence-corrected chi connectivity index (χ3v) is 1.24. The highest BCUT2D eigenvalue weighted by Gasteiger charge is 2.01. The minimum absolute atomic E-state index is 0.296. The first-order valence-corrected chi connectivity index (χ1v) is 3.39. The van der Waals surface area contributed by atoms with Crippen LogP contribution in [0.1, 0.15) is 31.4 Å². The van der Waals surface area contributed by atoms with Gasteiger partial charge < -0.3 is 0 Å². The molecule has 0 bridgehead atoms. The summed E-state index contributed by atoms with van der Waals surface area (Å²) < 4.78 is 0. The molecule has 1 aromatic rings. The summed E-state index contributed by atoms with van der Waals surface area (Å²) in [7, 11) is 0. The normalized spacial score (nSPS) is 9.64. The lowest BCUT2D eigenvalue weighted by Crippen LogP contribution is -2.00. The molecule has 0 aromatic carbocycles. The predicted molar refractivity (Wildman–Crippen MR) is 41.9 cm³/mol. The fraction of sp³-hybridized carbons (Fsp3) is 0.375. The minimum Gasteiger partial charge on any atom is -0.221 e. The molecule has 11 heavy (non-hydrogen) atoms. The van der Waals surface area contributed by atoms with Gasteiger partial charge in [0.1, 0.15) is 12.2 Å². The van der Waals surface area contributed by atoms with E-state index in [0.717, 1.165) is 5.82 Å². The molecule has 0 radical (unpaired) electrons. The Morgan fingerprint density at radius 1 is 1.45 bits per heavy atom. The van der Waals surface area contributed by atoms with Gasteiger partial charge in [0.2, 0.25) is 5.82 Å². The van der Waals surface area contributed by atoms with E-state index in [1.165, 1.54) is 6.33 Å². The average molecular weight is 147 g/mol. The van der Waals surface area contributed by atoms with Crippen molar-refractivity contribution in [3.8, 4) is 12.3 Å². The highest BCUT2D eigenvalue weighted by molar-refractivity contribution is 5.14. The number of hydrogen-bond acceptors (Lipinski definition) is 3. The van der Waals surface area contributed by atoms with Gasteiger partial charge in [-0.05, 0) is 5.92 Å². The maximum atomic E-state index is 5.12. The molecule has 0 saturated carbocycles. The SMILES string of the molecule is C#Cc1ncnc(C(C)C)n1. The first-order valence-electron chi connectivity index (χ1n) is 3.39. The molecule has 0 fully saturated rings. The summed E-state index contributed by atoms with van der Waals surface area (Å²) in [6.45, 7) is 4.02. The largest absolute Gasteiger partial charge is 0.221 e. The van der Waals surface area contributed by atoms with Gasteiger partial charge in [-0.1, -0.05) is 13.8 Å². The Hall–Kier alpha value is -1.43. The van der Waals surface area contributed by atoms with E-state index in [1.54, 1.807) is 0 Å². The molecule has 1 rings (SSSR count). The quantitative estimate of drug-likeness (QED) is 0.556. The zero-order chi connectivity index (χ0) is 8.27.